The van der Waals surface area contributed by atoms with Crippen molar-refractivity contribution < 1.29 is 29.3 Å². The number of carboxylic acid groups (broad SMARTS) is 1. The molecule has 0 spiro atoms. The van der Waals surface area contributed by atoms with Crippen LogP contribution >= 0.6 is 23.1 Å². The van der Waals surface area contributed by atoms with E-state index in [2.05, 4.69) is 4.98 Å². The number of likely N-dealkylation sites (tertiary alicyclic amines) is 1. The lowest BCUT2D eigenvalue weighted by Gasteiger charge is -2.43. The lowest BCUT2D eigenvalue weighted by molar-refractivity contribution is -0.142. The number of carbonyl (C=O) groups is 3. The monoisotopic (exact) mass is 530 g/mol. The van der Waals surface area contributed by atoms with Crippen LogP contribution in [0.5, 0.6) is 11.5 Å². The van der Waals surface area contributed by atoms with Gasteiger partial charge in [0.15, 0.2) is 11.5 Å². The number of hydrogen-bond acceptors (Lipinski definition) is 8. The number of ether oxygens (including phenoxy) is 1. The predicted molar refractivity (Wildman–Crippen MR) is 131 cm³/mol. The van der Waals surface area contributed by atoms with Gasteiger partial charge in [-0.3, -0.25) is 24.1 Å². The number of aromatic amines is 1. The number of H-pyrrole nitrogens is 1. The maximum Gasteiger partial charge on any atom is 0.305 e. The molecular formula is C25H26N2O7S2. The summed E-state index contributed by atoms with van der Waals surface area (Å²) in [6.45, 7) is 2.38. The number of aromatic nitrogens is 1. The van der Waals surface area contributed by atoms with Gasteiger partial charge in [0.2, 0.25) is 11.8 Å². The molecule has 7 atom stereocenters. The average Bonchev–Trinajstić information content (AvgIpc) is 3.56. The van der Waals surface area contributed by atoms with Gasteiger partial charge in [0.25, 0.3) is 0 Å². The fourth-order valence-electron chi connectivity index (χ4n) is 7.06. The number of rotatable bonds is 7. The summed E-state index contributed by atoms with van der Waals surface area (Å²) in [5.74, 6) is -1.77. The van der Waals surface area contributed by atoms with Gasteiger partial charge < -0.3 is 19.9 Å². The molecule has 36 heavy (non-hydrogen) atoms. The van der Waals surface area contributed by atoms with Crippen molar-refractivity contribution in [3.05, 3.63) is 38.3 Å². The molecule has 3 N–H and O–H groups in total. The molecule has 2 bridgehead atoms. The maximum atomic E-state index is 13.5. The van der Waals surface area contributed by atoms with E-state index in [0.717, 1.165) is 21.9 Å². The number of phenolic OH excluding ortho intramolecular Hbond substituents is 1. The molecule has 0 unspecified atom stereocenters. The van der Waals surface area contributed by atoms with Crippen LogP contribution in [0.4, 0.5) is 0 Å². The van der Waals surface area contributed by atoms with Crippen LogP contribution in [0.3, 0.4) is 0 Å². The smallest absolute Gasteiger partial charge is 0.305 e. The minimum absolute atomic E-state index is 0.0125. The van der Waals surface area contributed by atoms with Crippen molar-refractivity contribution in [2.75, 3.05) is 13.2 Å². The topological polar surface area (TPSA) is 137 Å². The van der Waals surface area contributed by atoms with Crippen LogP contribution < -0.4 is 9.61 Å². The average molecular weight is 531 g/mol. The van der Waals surface area contributed by atoms with Gasteiger partial charge in [-0.2, -0.15) is 0 Å². The molecule has 1 aromatic carbocycles. The van der Waals surface area contributed by atoms with Crippen LogP contribution in [0.15, 0.2) is 28.0 Å². The summed E-state index contributed by atoms with van der Waals surface area (Å²) in [7, 11) is 0. The molecule has 1 saturated heterocycles. The largest absolute Gasteiger partial charge is 0.504 e. The second-order valence-corrected chi connectivity index (χ2v) is 12.1. The normalized spacial score (nSPS) is 31.9. The zero-order valence-electron chi connectivity index (χ0n) is 19.5. The number of aromatic hydroxyl groups is 1. The Hall–Kier alpha value is -2.79. The Morgan fingerprint density at radius 2 is 1.94 bits per heavy atom. The molecule has 3 heterocycles. The number of carboxylic acids is 1. The summed E-state index contributed by atoms with van der Waals surface area (Å²) in [6.07, 6.45) is 0.946. The van der Waals surface area contributed by atoms with E-state index < -0.39 is 11.9 Å². The van der Waals surface area contributed by atoms with E-state index in [-0.39, 0.29) is 76.7 Å². The second-order valence-electron chi connectivity index (χ2n) is 9.95. The first-order valence-electron chi connectivity index (χ1n) is 12.2. The highest BCUT2D eigenvalue weighted by molar-refractivity contribution is 8.00. The molecule has 190 valence electrons. The van der Waals surface area contributed by atoms with Crippen LogP contribution in [0.25, 0.3) is 0 Å². The Morgan fingerprint density at radius 3 is 2.67 bits per heavy atom. The Balaban J connectivity index is 1.38. The number of nitrogens with one attached hydrogen (secondary N) is 1. The van der Waals surface area contributed by atoms with Gasteiger partial charge in [-0.1, -0.05) is 17.4 Å². The van der Waals surface area contributed by atoms with Gasteiger partial charge in [0, 0.05) is 29.0 Å². The molecule has 9 nitrogen and oxygen atoms in total. The molecule has 3 fully saturated rings. The van der Waals surface area contributed by atoms with Crippen molar-refractivity contribution in [3.8, 4) is 11.5 Å². The summed E-state index contributed by atoms with van der Waals surface area (Å²) >= 11 is 2.80. The van der Waals surface area contributed by atoms with Crippen molar-refractivity contribution in [3.63, 3.8) is 0 Å². The highest BCUT2D eigenvalue weighted by Gasteiger charge is 2.69. The third-order valence-corrected chi connectivity index (χ3v) is 10.8. The number of thiazole rings is 1. The number of hydrogen-bond donors (Lipinski definition) is 3. The molecule has 4 aliphatic rings. The number of imide groups is 1. The lowest BCUT2D eigenvalue weighted by atomic mass is 9.68. The molecule has 2 aliphatic carbocycles. The molecule has 2 saturated carbocycles. The molecule has 2 aromatic rings. The van der Waals surface area contributed by atoms with Crippen LogP contribution in [0.2, 0.25) is 0 Å². The fraction of sp³-hybridized carbons (Fsp3) is 0.520. The van der Waals surface area contributed by atoms with Crippen molar-refractivity contribution in [1.29, 1.82) is 0 Å². The van der Waals surface area contributed by atoms with Gasteiger partial charge in [-0.25, -0.2) is 0 Å². The van der Waals surface area contributed by atoms with E-state index in [4.69, 9.17) is 9.84 Å². The van der Waals surface area contributed by atoms with E-state index in [0.29, 0.717) is 12.4 Å². The number of carbonyl (C=O) groups excluding carboxylic acids is 2. The van der Waals surface area contributed by atoms with Crippen molar-refractivity contribution >= 4 is 40.9 Å². The highest BCUT2D eigenvalue weighted by Crippen LogP contribution is 2.68. The van der Waals surface area contributed by atoms with E-state index in [1.165, 1.54) is 16.2 Å². The quantitative estimate of drug-likeness (QED) is 0.465. The number of fused-ring (bicyclic) bond motifs is 9. The third-order valence-electron chi connectivity index (χ3n) is 8.23. The Kier molecular flexibility index (Phi) is 5.67. The number of thioether (sulfide) groups is 1. The molecule has 11 heteroatoms. The maximum absolute atomic E-state index is 13.5. The van der Waals surface area contributed by atoms with E-state index in [1.54, 1.807) is 17.8 Å². The number of phenols is 1. The minimum atomic E-state index is -0.944. The number of benzene rings is 1. The summed E-state index contributed by atoms with van der Waals surface area (Å²) in [4.78, 5) is 55.2. The lowest BCUT2D eigenvalue weighted by Crippen LogP contribution is -2.42. The van der Waals surface area contributed by atoms with Crippen molar-refractivity contribution in [1.82, 2.24) is 9.88 Å². The standard InChI is InChI=1S/C25H26N2O7S2/c1-2-34-14-8-10(5-6-13(14)28)16-17-11-9-12(20(17)35-22-21(16)36-25(33)26-22)19-18(11)23(31)27(24(19)32)7-3-4-15(29)30/h5-6,8,11-12,16-20,28H,2-4,7,9H2,1H3,(H,26,33)(H,29,30)/t11-,12-,16-,17+,18-,19-,20+/m1/s1. The zero-order chi connectivity index (χ0) is 25.3. The van der Waals surface area contributed by atoms with Gasteiger partial charge in [0.05, 0.1) is 23.5 Å². The summed E-state index contributed by atoms with van der Waals surface area (Å²) < 4.78 is 5.63. The third kappa shape index (κ3) is 3.42. The van der Waals surface area contributed by atoms with Gasteiger partial charge in [0.1, 0.15) is 0 Å². The van der Waals surface area contributed by atoms with Gasteiger partial charge >= 0.3 is 10.8 Å². The molecular weight excluding hydrogens is 504 g/mol. The molecule has 0 radical (unpaired) electrons. The molecule has 2 amide bonds. The zero-order valence-corrected chi connectivity index (χ0v) is 21.1. The van der Waals surface area contributed by atoms with Crippen LogP contribution in [-0.4, -0.2) is 56.3 Å². The van der Waals surface area contributed by atoms with E-state index >= 15 is 0 Å². The first-order valence-corrected chi connectivity index (χ1v) is 13.9. The Labute approximate surface area is 214 Å². The summed E-state index contributed by atoms with van der Waals surface area (Å²) in [5, 5.41) is 20.1. The molecule has 6 rings (SSSR count). The minimum Gasteiger partial charge on any atom is -0.504 e. The van der Waals surface area contributed by atoms with Crippen LogP contribution in [0, 0.1) is 29.6 Å². The fourth-order valence-corrected chi connectivity index (χ4v) is 9.94. The van der Waals surface area contributed by atoms with Gasteiger partial charge in [-0.15, -0.1) is 11.8 Å². The second kappa shape index (κ2) is 8.65. The Morgan fingerprint density at radius 1 is 1.19 bits per heavy atom. The summed E-state index contributed by atoms with van der Waals surface area (Å²) in [5.41, 5.74) is 0.919. The summed E-state index contributed by atoms with van der Waals surface area (Å²) in [6, 6.07) is 5.29. The Bertz CT molecular complexity index is 1320. The van der Waals surface area contributed by atoms with E-state index in [1.807, 2.05) is 19.1 Å². The van der Waals surface area contributed by atoms with Crippen LogP contribution in [-0.2, 0) is 14.4 Å². The number of aliphatic carboxylic acids is 1. The predicted octanol–water partition coefficient (Wildman–Crippen LogP) is 2.88. The van der Waals surface area contributed by atoms with Crippen molar-refractivity contribution in [2.24, 2.45) is 29.6 Å². The SMILES string of the molecule is CCOc1cc([C@H]2c3sc(=O)[nH]c3S[C@H]3[C@@H]4C[C@@H]([C@H]5C(=O)N(CCCC(=O)O)C(=O)[C@H]45)[C@@H]23)ccc1O. The molecule has 1 aromatic heterocycles. The van der Waals surface area contributed by atoms with Gasteiger partial charge in [-0.05, 0) is 55.2 Å². The first kappa shape index (κ1) is 23.6. The highest BCUT2D eigenvalue weighted by atomic mass is 32.2. The number of amides is 2. The van der Waals surface area contributed by atoms with E-state index in [9.17, 15) is 24.3 Å². The number of nitrogens with zero attached hydrogens (tertiary/aromatic N) is 1. The molecule has 2 aliphatic heterocycles. The first-order chi connectivity index (χ1) is 17.3. The van der Waals surface area contributed by atoms with Crippen molar-refractivity contribution in [2.45, 2.75) is 42.4 Å². The van der Waals surface area contributed by atoms with Crippen LogP contribution in [0.1, 0.15) is 42.5 Å².